The van der Waals surface area contributed by atoms with Crippen LogP contribution in [0, 0.1) is 11.3 Å². The van der Waals surface area contributed by atoms with E-state index in [2.05, 4.69) is 41.3 Å². The number of rotatable bonds is 7. The van der Waals surface area contributed by atoms with Crippen LogP contribution in [0.4, 0.5) is 17.1 Å². The molecule has 4 heteroatoms. The predicted molar refractivity (Wildman–Crippen MR) is 129 cm³/mol. The topological polar surface area (TPSA) is 45.5 Å². The van der Waals surface area contributed by atoms with Crippen LogP contribution in [0.15, 0.2) is 97.1 Å². The SMILES string of the molecule is COc1ccc(N(c2ccc(OC)cc2)c2ccc(-c3ccccc3CC#N)cc2)cc1. The van der Waals surface area contributed by atoms with Crippen LogP contribution in [-0.4, -0.2) is 14.2 Å². The average Bonchev–Trinajstić information content (AvgIpc) is 2.86. The van der Waals surface area contributed by atoms with E-state index in [1.54, 1.807) is 14.2 Å². The zero-order valence-electron chi connectivity index (χ0n) is 18.2. The van der Waals surface area contributed by atoms with Crippen LogP contribution in [0.3, 0.4) is 0 Å². The van der Waals surface area contributed by atoms with Crippen LogP contribution in [-0.2, 0) is 6.42 Å². The standard InChI is InChI=1S/C28H24N2O2/c1-31-26-15-11-24(12-16-26)30(25-13-17-27(32-2)18-14-25)23-9-7-22(8-10-23)28-6-4-3-5-21(28)19-20-29/h3-18H,19H2,1-2H3. The molecule has 0 radical (unpaired) electrons. The fourth-order valence-electron chi connectivity index (χ4n) is 3.74. The summed E-state index contributed by atoms with van der Waals surface area (Å²) >= 11 is 0. The third kappa shape index (κ3) is 4.43. The monoisotopic (exact) mass is 420 g/mol. The highest BCUT2D eigenvalue weighted by atomic mass is 16.5. The van der Waals surface area contributed by atoms with Crippen molar-refractivity contribution in [2.45, 2.75) is 6.42 Å². The Morgan fingerprint density at radius 1 is 0.656 bits per heavy atom. The smallest absolute Gasteiger partial charge is 0.119 e. The second-order valence-corrected chi connectivity index (χ2v) is 7.27. The lowest BCUT2D eigenvalue weighted by atomic mass is 9.98. The van der Waals surface area contributed by atoms with Crippen molar-refractivity contribution in [2.24, 2.45) is 0 Å². The van der Waals surface area contributed by atoms with Crippen molar-refractivity contribution in [2.75, 3.05) is 19.1 Å². The van der Waals surface area contributed by atoms with E-state index < -0.39 is 0 Å². The maximum atomic E-state index is 9.16. The number of anilines is 3. The molecule has 0 saturated heterocycles. The quantitative estimate of drug-likeness (QED) is 0.326. The van der Waals surface area contributed by atoms with Crippen LogP contribution < -0.4 is 14.4 Å². The van der Waals surface area contributed by atoms with Crippen LogP contribution in [0.5, 0.6) is 11.5 Å². The first-order valence-electron chi connectivity index (χ1n) is 10.4. The summed E-state index contributed by atoms with van der Waals surface area (Å²) in [5, 5.41) is 9.16. The number of benzene rings is 4. The minimum absolute atomic E-state index is 0.391. The van der Waals surface area contributed by atoms with Gasteiger partial charge in [-0.05, 0) is 77.4 Å². The molecule has 0 aliphatic carbocycles. The van der Waals surface area contributed by atoms with Crippen molar-refractivity contribution >= 4 is 17.1 Å². The predicted octanol–water partition coefficient (Wildman–Crippen LogP) is 6.91. The van der Waals surface area contributed by atoms with E-state index in [0.29, 0.717) is 6.42 Å². The van der Waals surface area contributed by atoms with Gasteiger partial charge in [0, 0.05) is 17.1 Å². The summed E-state index contributed by atoms with van der Waals surface area (Å²) in [6.45, 7) is 0. The lowest BCUT2D eigenvalue weighted by molar-refractivity contribution is 0.415. The molecular weight excluding hydrogens is 396 g/mol. The van der Waals surface area contributed by atoms with Gasteiger partial charge in [0.2, 0.25) is 0 Å². The second-order valence-electron chi connectivity index (χ2n) is 7.27. The molecule has 158 valence electrons. The summed E-state index contributed by atoms with van der Waals surface area (Å²) < 4.78 is 10.7. The van der Waals surface area contributed by atoms with Gasteiger partial charge in [0.15, 0.2) is 0 Å². The van der Waals surface area contributed by atoms with Gasteiger partial charge >= 0.3 is 0 Å². The molecule has 0 atom stereocenters. The van der Waals surface area contributed by atoms with Gasteiger partial charge in [0.25, 0.3) is 0 Å². The largest absolute Gasteiger partial charge is 0.497 e. The maximum Gasteiger partial charge on any atom is 0.119 e. The highest BCUT2D eigenvalue weighted by Gasteiger charge is 2.14. The van der Waals surface area contributed by atoms with Gasteiger partial charge < -0.3 is 14.4 Å². The Labute approximate surface area is 188 Å². The van der Waals surface area contributed by atoms with E-state index in [1.807, 2.05) is 66.7 Å². The highest BCUT2D eigenvalue weighted by molar-refractivity contribution is 5.79. The summed E-state index contributed by atoms with van der Waals surface area (Å²) in [4.78, 5) is 2.18. The van der Waals surface area contributed by atoms with E-state index >= 15 is 0 Å². The summed E-state index contributed by atoms with van der Waals surface area (Å²) in [7, 11) is 3.33. The van der Waals surface area contributed by atoms with Gasteiger partial charge in [0.1, 0.15) is 11.5 Å². The van der Waals surface area contributed by atoms with E-state index in [0.717, 1.165) is 45.3 Å². The van der Waals surface area contributed by atoms with E-state index in [4.69, 9.17) is 14.7 Å². The Morgan fingerprint density at radius 2 is 1.12 bits per heavy atom. The molecule has 0 bridgehead atoms. The lowest BCUT2D eigenvalue weighted by Crippen LogP contribution is -2.09. The molecule has 32 heavy (non-hydrogen) atoms. The molecule has 0 aromatic heterocycles. The molecule has 4 rings (SSSR count). The minimum Gasteiger partial charge on any atom is -0.497 e. The third-order valence-corrected chi connectivity index (χ3v) is 5.38. The average molecular weight is 421 g/mol. The molecular formula is C28H24N2O2. The van der Waals surface area contributed by atoms with Gasteiger partial charge in [-0.1, -0.05) is 36.4 Å². The molecule has 0 unspecified atom stereocenters. The highest BCUT2D eigenvalue weighted by Crippen LogP contribution is 2.37. The number of hydrogen-bond acceptors (Lipinski definition) is 4. The van der Waals surface area contributed by atoms with Crippen molar-refractivity contribution in [3.63, 3.8) is 0 Å². The van der Waals surface area contributed by atoms with Crippen molar-refractivity contribution in [3.05, 3.63) is 103 Å². The van der Waals surface area contributed by atoms with Crippen LogP contribution in [0.25, 0.3) is 11.1 Å². The van der Waals surface area contributed by atoms with E-state index in [9.17, 15) is 0 Å². The third-order valence-electron chi connectivity index (χ3n) is 5.38. The molecule has 0 aliphatic rings. The molecule has 4 aromatic carbocycles. The van der Waals surface area contributed by atoms with Gasteiger partial charge in [0.05, 0.1) is 26.7 Å². The zero-order valence-corrected chi connectivity index (χ0v) is 18.2. The first kappa shape index (κ1) is 21.0. The van der Waals surface area contributed by atoms with Crippen LogP contribution in [0.2, 0.25) is 0 Å². The first-order valence-corrected chi connectivity index (χ1v) is 10.4. The number of nitriles is 1. The molecule has 4 nitrogen and oxygen atoms in total. The number of methoxy groups -OCH3 is 2. The van der Waals surface area contributed by atoms with Crippen LogP contribution in [0.1, 0.15) is 5.56 Å². The Balaban J connectivity index is 1.75. The number of nitrogens with zero attached hydrogens (tertiary/aromatic N) is 2. The van der Waals surface area contributed by atoms with Gasteiger partial charge in [-0.25, -0.2) is 0 Å². The van der Waals surface area contributed by atoms with Crippen LogP contribution >= 0.6 is 0 Å². The number of hydrogen-bond donors (Lipinski definition) is 0. The lowest BCUT2D eigenvalue weighted by Gasteiger charge is -2.26. The summed E-state index contributed by atoms with van der Waals surface area (Å²) in [6, 6.07) is 34.7. The summed E-state index contributed by atoms with van der Waals surface area (Å²) in [5.74, 6) is 1.63. The van der Waals surface area contributed by atoms with Gasteiger partial charge in [-0.2, -0.15) is 5.26 Å². The fourth-order valence-corrected chi connectivity index (χ4v) is 3.74. The fraction of sp³-hybridized carbons (Fsp3) is 0.107. The van der Waals surface area contributed by atoms with Crippen molar-refractivity contribution in [3.8, 4) is 28.7 Å². The van der Waals surface area contributed by atoms with Crippen molar-refractivity contribution in [1.82, 2.24) is 0 Å². The molecule has 0 saturated carbocycles. The Morgan fingerprint density at radius 3 is 1.59 bits per heavy atom. The zero-order chi connectivity index (χ0) is 22.3. The molecule has 0 heterocycles. The Hall–Kier alpha value is -4.23. The second kappa shape index (κ2) is 9.72. The van der Waals surface area contributed by atoms with Gasteiger partial charge in [-0.15, -0.1) is 0 Å². The van der Waals surface area contributed by atoms with Crippen molar-refractivity contribution < 1.29 is 9.47 Å². The minimum atomic E-state index is 0.391. The van der Waals surface area contributed by atoms with Crippen molar-refractivity contribution in [1.29, 1.82) is 5.26 Å². The molecule has 0 spiro atoms. The number of ether oxygens (including phenoxy) is 2. The molecule has 0 aliphatic heterocycles. The van der Waals surface area contributed by atoms with E-state index in [-0.39, 0.29) is 0 Å². The van der Waals surface area contributed by atoms with Gasteiger partial charge in [-0.3, -0.25) is 0 Å². The van der Waals surface area contributed by atoms with E-state index in [1.165, 1.54) is 0 Å². The Bertz CT molecular complexity index is 1160. The normalized spacial score (nSPS) is 10.3. The molecule has 0 fully saturated rings. The molecule has 4 aromatic rings. The first-order chi connectivity index (χ1) is 15.7. The Kier molecular flexibility index (Phi) is 6.38. The maximum absolute atomic E-state index is 9.16. The summed E-state index contributed by atoms with van der Waals surface area (Å²) in [6.07, 6.45) is 0.391. The molecule has 0 amide bonds. The summed E-state index contributed by atoms with van der Waals surface area (Å²) in [5.41, 5.74) is 6.28. The molecule has 0 N–H and O–H groups in total.